The molecule has 1 rings (SSSR count). The zero-order valence-electron chi connectivity index (χ0n) is 7.88. The molecule has 2 heteroatoms. The second-order valence-electron chi connectivity index (χ2n) is 2.91. The molecule has 0 aliphatic carbocycles. The van der Waals surface area contributed by atoms with Gasteiger partial charge in [-0.15, -0.1) is 6.58 Å². The molecule has 0 saturated carbocycles. The fraction of sp³-hybridized carbons (Fsp3) is 0.273. The fourth-order valence-corrected chi connectivity index (χ4v) is 1.57. The lowest BCUT2D eigenvalue weighted by Gasteiger charge is -2.12. The molecule has 70 valence electrons. The van der Waals surface area contributed by atoms with Crippen LogP contribution in [0.25, 0.3) is 0 Å². The molecular formula is C11H13BrO. The van der Waals surface area contributed by atoms with E-state index in [1.165, 1.54) is 0 Å². The first kappa shape index (κ1) is 10.3. The molecular weight excluding hydrogens is 228 g/mol. The summed E-state index contributed by atoms with van der Waals surface area (Å²) in [6.07, 6.45) is 1.91. The molecule has 0 aliphatic heterocycles. The van der Waals surface area contributed by atoms with Gasteiger partial charge in [-0.1, -0.05) is 28.9 Å². The maximum Gasteiger partial charge on any atom is 0.122 e. The van der Waals surface area contributed by atoms with Crippen LogP contribution in [0.2, 0.25) is 0 Å². The Bertz CT molecular complexity index is 307. The Morgan fingerprint density at radius 1 is 1.54 bits per heavy atom. The summed E-state index contributed by atoms with van der Waals surface area (Å²) in [5, 5.41) is 0. The van der Waals surface area contributed by atoms with E-state index in [0.29, 0.717) is 5.92 Å². The van der Waals surface area contributed by atoms with Gasteiger partial charge in [0.1, 0.15) is 5.75 Å². The molecule has 0 heterocycles. The summed E-state index contributed by atoms with van der Waals surface area (Å²) in [4.78, 5) is 0. The van der Waals surface area contributed by atoms with Crippen LogP contribution in [-0.4, -0.2) is 7.11 Å². The van der Waals surface area contributed by atoms with Crippen molar-refractivity contribution in [2.45, 2.75) is 12.8 Å². The van der Waals surface area contributed by atoms with Crippen molar-refractivity contribution in [1.29, 1.82) is 0 Å². The number of allylic oxidation sites excluding steroid dienone is 1. The smallest absolute Gasteiger partial charge is 0.122 e. The van der Waals surface area contributed by atoms with E-state index in [4.69, 9.17) is 4.74 Å². The van der Waals surface area contributed by atoms with Gasteiger partial charge in [0.2, 0.25) is 0 Å². The number of ether oxygens (including phenoxy) is 1. The average molecular weight is 241 g/mol. The first-order chi connectivity index (χ1) is 6.19. The maximum absolute atomic E-state index is 5.25. The zero-order chi connectivity index (χ0) is 9.84. The normalized spacial score (nSPS) is 12.2. The number of halogens is 1. The molecule has 1 nitrogen and oxygen atoms in total. The Balaban J connectivity index is 3.14. The second-order valence-corrected chi connectivity index (χ2v) is 3.83. The summed E-state index contributed by atoms with van der Waals surface area (Å²) in [6, 6.07) is 5.99. The van der Waals surface area contributed by atoms with Crippen molar-refractivity contribution in [3.05, 3.63) is 40.9 Å². The van der Waals surface area contributed by atoms with Crippen molar-refractivity contribution >= 4 is 15.9 Å². The van der Waals surface area contributed by atoms with Crippen molar-refractivity contribution < 1.29 is 4.74 Å². The lowest BCUT2D eigenvalue weighted by molar-refractivity contribution is 0.408. The number of hydrogen-bond acceptors (Lipinski definition) is 1. The minimum absolute atomic E-state index is 0.312. The van der Waals surface area contributed by atoms with E-state index < -0.39 is 0 Å². The number of hydrogen-bond donors (Lipinski definition) is 0. The summed E-state index contributed by atoms with van der Waals surface area (Å²) in [7, 11) is 1.68. The van der Waals surface area contributed by atoms with Crippen LogP contribution in [0.15, 0.2) is 35.3 Å². The summed E-state index contributed by atoms with van der Waals surface area (Å²) in [5.74, 6) is 1.23. The van der Waals surface area contributed by atoms with E-state index in [2.05, 4.69) is 35.5 Å². The molecule has 0 amide bonds. The Kier molecular flexibility index (Phi) is 3.55. The lowest BCUT2D eigenvalue weighted by atomic mass is 10.0. The highest BCUT2D eigenvalue weighted by Gasteiger charge is 2.08. The molecule has 0 radical (unpaired) electrons. The van der Waals surface area contributed by atoms with Gasteiger partial charge in [0.25, 0.3) is 0 Å². The van der Waals surface area contributed by atoms with Gasteiger partial charge < -0.3 is 4.74 Å². The van der Waals surface area contributed by atoms with Gasteiger partial charge in [-0.25, -0.2) is 0 Å². The van der Waals surface area contributed by atoms with E-state index in [9.17, 15) is 0 Å². The minimum atomic E-state index is 0.312. The Labute approximate surface area is 87.5 Å². The quantitative estimate of drug-likeness (QED) is 0.732. The van der Waals surface area contributed by atoms with Crippen LogP contribution < -0.4 is 4.74 Å². The first-order valence-electron chi connectivity index (χ1n) is 4.15. The van der Waals surface area contributed by atoms with Crippen molar-refractivity contribution in [2.75, 3.05) is 7.11 Å². The highest BCUT2D eigenvalue weighted by atomic mass is 79.9. The van der Waals surface area contributed by atoms with Crippen molar-refractivity contribution in [3.8, 4) is 5.75 Å². The molecule has 1 unspecified atom stereocenters. The summed E-state index contributed by atoms with van der Waals surface area (Å²) in [6.45, 7) is 5.87. The third-order valence-electron chi connectivity index (χ3n) is 2.04. The van der Waals surface area contributed by atoms with Crippen LogP contribution >= 0.6 is 15.9 Å². The molecule has 0 saturated heterocycles. The molecule has 1 aromatic rings. The van der Waals surface area contributed by atoms with Gasteiger partial charge in [-0.2, -0.15) is 0 Å². The van der Waals surface area contributed by atoms with Gasteiger partial charge in [0.05, 0.1) is 7.11 Å². The number of methoxy groups -OCH3 is 1. The maximum atomic E-state index is 5.25. The predicted octanol–water partition coefficient (Wildman–Crippen LogP) is 3.75. The molecule has 0 aromatic heterocycles. The van der Waals surface area contributed by atoms with Crippen LogP contribution in [0.5, 0.6) is 5.75 Å². The lowest BCUT2D eigenvalue weighted by Crippen LogP contribution is -1.94. The molecule has 0 bridgehead atoms. The van der Waals surface area contributed by atoms with Gasteiger partial charge >= 0.3 is 0 Å². The predicted molar refractivity (Wildman–Crippen MR) is 59.3 cm³/mol. The molecule has 0 spiro atoms. The molecule has 13 heavy (non-hydrogen) atoms. The largest absolute Gasteiger partial charge is 0.496 e. The zero-order valence-corrected chi connectivity index (χ0v) is 9.47. The Hall–Kier alpha value is -0.760. The highest BCUT2D eigenvalue weighted by Crippen LogP contribution is 2.29. The first-order valence-corrected chi connectivity index (χ1v) is 4.94. The van der Waals surface area contributed by atoms with Crippen LogP contribution in [0.1, 0.15) is 18.4 Å². The van der Waals surface area contributed by atoms with Crippen LogP contribution in [0, 0.1) is 0 Å². The van der Waals surface area contributed by atoms with E-state index in [0.717, 1.165) is 15.8 Å². The van der Waals surface area contributed by atoms with Crippen LogP contribution in [-0.2, 0) is 0 Å². The summed E-state index contributed by atoms with van der Waals surface area (Å²) < 4.78 is 6.32. The van der Waals surface area contributed by atoms with Crippen molar-refractivity contribution in [1.82, 2.24) is 0 Å². The summed E-state index contributed by atoms with van der Waals surface area (Å²) >= 11 is 3.43. The molecule has 1 aromatic carbocycles. The highest BCUT2D eigenvalue weighted by molar-refractivity contribution is 9.10. The standard InChI is InChI=1S/C11H13BrO/c1-4-8(2)10-7-9(12)5-6-11(10)13-3/h4-8H,1H2,2-3H3. The third kappa shape index (κ3) is 2.34. The average Bonchev–Trinajstić information content (AvgIpc) is 2.16. The molecule has 0 aliphatic rings. The van der Waals surface area contributed by atoms with Gasteiger partial charge in [0, 0.05) is 16.0 Å². The molecule has 0 fully saturated rings. The van der Waals surface area contributed by atoms with E-state index >= 15 is 0 Å². The summed E-state index contributed by atoms with van der Waals surface area (Å²) in [5.41, 5.74) is 1.16. The minimum Gasteiger partial charge on any atom is -0.496 e. The Morgan fingerprint density at radius 3 is 2.77 bits per heavy atom. The number of rotatable bonds is 3. The number of benzene rings is 1. The van der Waals surface area contributed by atoms with E-state index in [-0.39, 0.29) is 0 Å². The topological polar surface area (TPSA) is 9.23 Å². The van der Waals surface area contributed by atoms with E-state index in [1.807, 2.05) is 18.2 Å². The van der Waals surface area contributed by atoms with Crippen LogP contribution in [0.3, 0.4) is 0 Å². The van der Waals surface area contributed by atoms with Gasteiger partial charge in [-0.05, 0) is 18.2 Å². The van der Waals surface area contributed by atoms with Crippen molar-refractivity contribution in [2.24, 2.45) is 0 Å². The second kappa shape index (κ2) is 4.47. The van der Waals surface area contributed by atoms with Crippen LogP contribution in [0.4, 0.5) is 0 Å². The third-order valence-corrected chi connectivity index (χ3v) is 2.53. The van der Waals surface area contributed by atoms with Gasteiger partial charge in [0.15, 0.2) is 0 Å². The Morgan fingerprint density at radius 2 is 2.23 bits per heavy atom. The monoisotopic (exact) mass is 240 g/mol. The molecule has 0 N–H and O–H groups in total. The van der Waals surface area contributed by atoms with Gasteiger partial charge in [-0.3, -0.25) is 0 Å². The SMILES string of the molecule is C=CC(C)c1cc(Br)ccc1OC. The fourth-order valence-electron chi connectivity index (χ4n) is 1.19. The molecule has 1 atom stereocenters. The van der Waals surface area contributed by atoms with E-state index in [1.54, 1.807) is 7.11 Å². The van der Waals surface area contributed by atoms with Crippen molar-refractivity contribution in [3.63, 3.8) is 0 Å².